The summed E-state index contributed by atoms with van der Waals surface area (Å²) in [5.41, 5.74) is 0.524. The van der Waals surface area contributed by atoms with Crippen molar-refractivity contribution in [3.05, 3.63) is 23.8 Å². The third-order valence-electron chi connectivity index (χ3n) is 3.44. The van der Waals surface area contributed by atoms with Crippen molar-refractivity contribution in [3.8, 4) is 17.6 Å². The largest absolute Gasteiger partial charge is 0.486 e. The third-order valence-corrected chi connectivity index (χ3v) is 3.44. The van der Waals surface area contributed by atoms with E-state index in [4.69, 9.17) is 14.7 Å². The maximum absolute atomic E-state index is 12.5. The van der Waals surface area contributed by atoms with Crippen LogP contribution in [0, 0.1) is 11.3 Å². The van der Waals surface area contributed by atoms with Gasteiger partial charge in [-0.2, -0.15) is 5.26 Å². The molecule has 1 amide bonds. The summed E-state index contributed by atoms with van der Waals surface area (Å²) in [6.07, 6.45) is 0. The van der Waals surface area contributed by atoms with Gasteiger partial charge in [-0.25, -0.2) is 0 Å². The molecule has 1 fully saturated rings. The molecule has 2 aliphatic heterocycles. The fraction of sp³-hybridized carbons (Fsp3) is 0.429. The number of fused-ring (bicyclic) bond motifs is 1. The summed E-state index contributed by atoms with van der Waals surface area (Å²) in [4.78, 5) is 14.1. The van der Waals surface area contributed by atoms with Gasteiger partial charge in [0.1, 0.15) is 19.3 Å². The number of hydrogen-bond acceptors (Lipinski definition) is 5. The van der Waals surface area contributed by atoms with Crippen molar-refractivity contribution < 1.29 is 14.3 Å². The topological polar surface area (TPSA) is 74.6 Å². The highest BCUT2D eigenvalue weighted by atomic mass is 16.6. The number of nitrogens with one attached hydrogen (secondary N) is 1. The molecule has 0 radical (unpaired) electrons. The van der Waals surface area contributed by atoms with Crippen LogP contribution in [0.1, 0.15) is 10.4 Å². The lowest BCUT2D eigenvalue weighted by molar-refractivity contribution is 0.0686. The Morgan fingerprint density at radius 2 is 2.15 bits per heavy atom. The van der Waals surface area contributed by atoms with Crippen LogP contribution in [0.2, 0.25) is 0 Å². The van der Waals surface area contributed by atoms with Gasteiger partial charge in [-0.15, -0.1) is 0 Å². The predicted molar refractivity (Wildman–Crippen MR) is 70.7 cm³/mol. The molecule has 6 heteroatoms. The Morgan fingerprint density at radius 1 is 1.35 bits per heavy atom. The Labute approximate surface area is 116 Å². The van der Waals surface area contributed by atoms with E-state index >= 15 is 0 Å². The van der Waals surface area contributed by atoms with E-state index in [0.29, 0.717) is 49.9 Å². The lowest BCUT2D eigenvalue weighted by atomic mass is 10.1. The van der Waals surface area contributed by atoms with Crippen molar-refractivity contribution >= 4 is 5.91 Å². The Balaban J connectivity index is 1.85. The van der Waals surface area contributed by atoms with Crippen LogP contribution in [-0.4, -0.2) is 49.7 Å². The van der Waals surface area contributed by atoms with Crippen LogP contribution >= 0.6 is 0 Å². The molecule has 0 bridgehead atoms. The average Bonchev–Trinajstić information content (AvgIpc) is 2.53. The minimum absolute atomic E-state index is 0.143. The van der Waals surface area contributed by atoms with Crippen LogP contribution in [0.15, 0.2) is 18.2 Å². The Bertz CT molecular complexity index is 567. The fourth-order valence-corrected chi connectivity index (χ4v) is 2.40. The van der Waals surface area contributed by atoms with Crippen molar-refractivity contribution in [2.45, 2.75) is 6.04 Å². The molecule has 2 heterocycles. The number of nitrogens with zero attached hydrogens (tertiary/aromatic N) is 2. The first kappa shape index (κ1) is 12.8. The smallest absolute Gasteiger partial charge is 0.255 e. The van der Waals surface area contributed by atoms with Gasteiger partial charge in [-0.1, -0.05) is 0 Å². The van der Waals surface area contributed by atoms with E-state index in [2.05, 4.69) is 11.4 Å². The third kappa shape index (κ3) is 2.28. The van der Waals surface area contributed by atoms with Gasteiger partial charge in [0.2, 0.25) is 0 Å². The molecule has 1 unspecified atom stereocenters. The summed E-state index contributed by atoms with van der Waals surface area (Å²) in [6.45, 7) is 2.75. The molecular weight excluding hydrogens is 258 g/mol. The molecule has 0 saturated carbocycles. The molecule has 0 spiro atoms. The second kappa shape index (κ2) is 5.39. The molecule has 104 valence electrons. The van der Waals surface area contributed by atoms with Crippen LogP contribution in [0.4, 0.5) is 0 Å². The average molecular weight is 273 g/mol. The molecular formula is C14H15N3O3. The highest BCUT2D eigenvalue weighted by molar-refractivity contribution is 5.95. The highest BCUT2D eigenvalue weighted by Crippen LogP contribution is 2.31. The van der Waals surface area contributed by atoms with Crippen LogP contribution in [-0.2, 0) is 0 Å². The molecule has 0 aromatic heterocycles. The zero-order chi connectivity index (χ0) is 13.9. The summed E-state index contributed by atoms with van der Waals surface area (Å²) >= 11 is 0. The van der Waals surface area contributed by atoms with Crippen molar-refractivity contribution in [2.24, 2.45) is 0 Å². The standard InChI is InChI=1S/C14H15N3O3/c15-8-11-9-16-3-4-17(11)14(18)10-1-2-12-13(7-10)20-6-5-19-12/h1-2,7,11,16H,3-6,9H2. The number of hydrogen-bond donors (Lipinski definition) is 1. The van der Waals surface area contributed by atoms with Crippen molar-refractivity contribution in [2.75, 3.05) is 32.8 Å². The first-order valence-corrected chi connectivity index (χ1v) is 6.60. The SMILES string of the molecule is N#CC1CNCCN1C(=O)c1ccc2c(c1)OCCO2. The maximum Gasteiger partial charge on any atom is 0.255 e. The van der Waals surface area contributed by atoms with Gasteiger partial charge in [0.25, 0.3) is 5.91 Å². The predicted octanol–water partition coefficient (Wildman–Crippen LogP) is 0.395. The lowest BCUT2D eigenvalue weighted by Crippen LogP contribution is -2.53. The molecule has 6 nitrogen and oxygen atoms in total. The zero-order valence-electron chi connectivity index (χ0n) is 11.0. The normalized spacial score (nSPS) is 21.1. The molecule has 2 aliphatic rings. The molecule has 0 aliphatic carbocycles. The molecule has 1 saturated heterocycles. The summed E-state index contributed by atoms with van der Waals surface area (Å²) < 4.78 is 10.9. The molecule has 3 rings (SSSR count). The van der Waals surface area contributed by atoms with Gasteiger partial charge in [0.05, 0.1) is 6.07 Å². The lowest BCUT2D eigenvalue weighted by Gasteiger charge is -2.32. The quantitative estimate of drug-likeness (QED) is 0.801. The summed E-state index contributed by atoms with van der Waals surface area (Å²) in [6, 6.07) is 6.87. The summed E-state index contributed by atoms with van der Waals surface area (Å²) in [7, 11) is 0. The van der Waals surface area contributed by atoms with Crippen molar-refractivity contribution in [1.82, 2.24) is 10.2 Å². The number of nitriles is 1. The number of amides is 1. The van der Waals surface area contributed by atoms with Gasteiger partial charge in [0, 0.05) is 25.2 Å². The number of carbonyl (C=O) groups excluding carboxylic acids is 1. The monoisotopic (exact) mass is 273 g/mol. The van der Waals surface area contributed by atoms with E-state index < -0.39 is 6.04 Å². The van der Waals surface area contributed by atoms with Crippen molar-refractivity contribution in [3.63, 3.8) is 0 Å². The highest BCUT2D eigenvalue weighted by Gasteiger charge is 2.28. The van der Waals surface area contributed by atoms with E-state index in [1.807, 2.05) is 0 Å². The fourth-order valence-electron chi connectivity index (χ4n) is 2.40. The number of ether oxygens (including phenoxy) is 2. The number of rotatable bonds is 1. The van der Waals surface area contributed by atoms with Crippen LogP contribution in [0.3, 0.4) is 0 Å². The second-order valence-electron chi connectivity index (χ2n) is 4.71. The molecule has 1 atom stereocenters. The summed E-state index contributed by atoms with van der Waals surface area (Å²) in [5.74, 6) is 1.10. The zero-order valence-corrected chi connectivity index (χ0v) is 11.0. The summed E-state index contributed by atoms with van der Waals surface area (Å²) in [5, 5.41) is 12.2. The number of carbonyl (C=O) groups is 1. The van der Waals surface area contributed by atoms with Crippen LogP contribution < -0.4 is 14.8 Å². The van der Waals surface area contributed by atoms with E-state index in [0.717, 1.165) is 0 Å². The van der Waals surface area contributed by atoms with Gasteiger partial charge >= 0.3 is 0 Å². The number of piperazine rings is 1. The molecule has 1 N–H and O–H groups in total. The van der Waals surface area contributed by atoms with Crippen LogP contribution in [0.5, 0.6) is 11.5 Å². The molecule has 1 aromatic rings. The molecule has 20 heavy (non-hydrogen) atoms. The molecule has 1 aromatic carbocycles. The minimum atomic E-state index is -0.426. The van der Waals surface area contributed by atoms with E-state index in [1.54, 1.807) is 23.1 Å². The van der Waals surface area contributed by atoms with E-state index in [-0.39, 0.29) is 5.91 Å². The Morgan fingerprint density at radius 3 is 2.95 bits per heavy atom. The first-order valence-electron chi connectivity index (χ1n) is 6.60. The Kier molecular flexibility index (Phi) is 3.44. The second-order valence-corrected chi connectivity index (χ2v) is 4.71. The van der Waals surface area contributed by atoms with Crippen molar-refractivity contribution in [1.29, 1.82) is 5.26 Å². The van der Waals surface area contributed by atoms with Gasteiger partial charge in [0.15, 0.2) is 11.5 Å². The van der Waals surface area contributed by atoms with Gasteiger partial charge in [-0.05, 0) is 18.2 Å². The van der Waals surface area contributed by atoms with Crippen LogP contribution in [0.25, 0.3) is 0 Å². The van der Waals surface area contributed by atoms with E-state index in [9.17, 15) is 4.79 Å². The van der Waals surface area contributed by atoms with E-state index in [1.165, 1.54) is 0 Å². The first-order chi connectivity index (χ1) is 9.79. The Hall–Kier alpha value is -2.26. The van der Waals surface area contributed by atoms with Gasteiger partial charge in [-0.3, -0.25) is 4.79 Å². The minimum Gasteiger partial charge on any atom is -0.486 e. The maximum atomic E-state index is 12.5. The van der Waals surface area contributed by atoms with Gasteiger partial charge < -0.3 is 19.7 Å². The number of benzene rings is 1.